The second kappa shape index (κ2) is 13.5. The van der Waals surface area contributed by atoms with Gasteiger partial charge in [-0.2, -0.15) is 0 Å². The van der Waals surface area contributed by atoms with Gasteiger partial charge < -0.3 is 10.2 Å². The number of carbonyl (C=O) groups is 2. The molecule has 0 spiro atoms. The summed E-state index contributed by atoms with van der Waals surface area (Å²) in [4.78, 5) is 28.9. The van der Waals surface area contributed by atoms with Crippen LogP contribution in [0.5, 0.6) is 0 Å². The normalized spacial score (nSPS) is 14.8. The van der Waals surface area contributed by atoms with E-state index in [-0.39, 0.29) is 23.4 Å². The summed E-state index contributed by atoms with van der Waals surface area (Å²) in [6.07, 6.45) is 5.17. The third-order valence-electron chi connectivity index (χ3n) is 7.32. The van der Waals surface area contributed by atoms with E-state index in [4.69, 9.17) is 0 Å². The standard InChI is InChI=1S/C31H36BrN3O4S/c1-23-13-19-29(20-14-23)40(38,39)35(28-17-15-26(32)16-18-28)22-30(36)34(21-25-9-5-3-6-10-25)24(2)31(37)33-27-11-7-4-8-12-27/h3,5-6,9-10,13-20,24,27H,4,7-8,11-12,21-22H2,1-2H3,(H,33,37). The van der Waals surface area contributed by atoms with Crippen molar-refractivity contribution in [1.29, 1.82) is 0 Å². The SMILES string of the molecule is Cc1ccc(S(=O)(=O)N(CC(=O)N(Cc2ccccc2)C(C)C(=O)NC2CCCCC2)c2ccc(Br)cc2)cc1. The number of hydrogen-bond donors (Lipinski definition) is 1. The lowest BCUT2D eigenvalue weighted by molar-refractivity contribution is -0.139. The van der Waals surface area contributed by atoms with E-state index in [9.17, 15) is 18.0 Å². The van der Waals surface area contributed by atoms with Crippen LogP contribution in [0.4, 0.5) is 5.69 Å². The van der Waals surface area contributed by atoms with Crippen LogP contribution < -0.4 is 9.62 Å². The minimum absolute atomic E-state index is 0.0894. The molecule has 1 unspecified atom stereocenters. The van der Waals surface area contributed by atoms with Crippen molar-refractivity contribution < 1.29 is 18.0 Å². The van der Waals surface area contributed by atoms with Gasteiger partial charge in [0.1, 0.15) is 12.6 Å². The summed E-state index contributed by atoms with van der Waals surface area (Å²) in [6.45, 7) is 3.31. The molecule has 212 valence electrons. The maximum absolute atomic E-state index is 14.0. The molecular weight excluding hydrogens is 590 g/mol. The molecule has 4 rings (SSSR count). The molecular formula is C31H36BrN3O4S. The summed E-state index contributed by atoms with van der Waals surface area (Å²) in [5.74, 6) is -0.693. The summed E-state index contributed by atoms with van der Waals surface area (Å²) in [5.41, 5.74) is 2.14. The quantitative estimate of drug-likeness (QED) is 0.308. The number of carbonyl (C=O) groups excluding carboxylic acids is 2. The van der Waals surface area contributed by atoms with E-state index in [1.165, 1.54) is 11.3 Å². The number of hydrogen-bond acceptors (Lipinski definition) is 4. The second-order valence-corrected chi connectivity index (χ2v) is 13.1. The zero-order valence-corrected chi connectivity index (χ0v) is 25.3. The topological polar surface area (TPSA) is 86.8 Å². The van der Waals surface area contributed by atoms with E-state index in [1.807, 2.05) is 37.3 Å². The monoisotopic (exact) mass is 625 g/mol. The van der Waals surface area contributed by atoms with Crippen molar-refractivity contribution in [3.8, 4) is 0 Å². The largest absolute Gasteiger partial charge is 0.352 e. The van der Waals surface area contributed by atoms with Gasteiger partial charge in [-0.3, -0.25) is 13.9 Å². The lowest BCUT2D eigenvalue weighted by Gasteiger charge is -2.33. The zero-order valence-electron chi connectivity index (χ0n) is 22.9. The highest BCUT2D eigenvalue weighted by Gasteiger charge is 2.33. The van der Waals surface area contributed by atoms with Crippen molar-refractivity contribution in [1.82, 2.24) is 10.2 Å². The van der Waals surface area contributed by atoms with Gasteiger partial charge in [0.25, 0.3) is 10.0 Å². The molecule has 7 nitrogen and oxygen atoms in total. The predicted molar refractivity (Wildman–Crippen MR) is 161 cm³/mol. The molecule has 0 bridgehead atoms. The number of amides is 2. The van der Waals surface area contributed by atoms with Crippen molar-refractivity contribution in [2.45, 2.75) is 69.5 Å². The van der Waals surface area contributed by atoms with Crippen LogP contribution in [-0.4, -0.2) is 43.8 Å². The minimum atomic E-state index is -4.08. The predicted octanol–water partition coefficient (Wildman–Crippen LogP) is 5.82. The van der Waals surface area contributed by atoms with Crippen molar-refractivity contribution in [3.63, 3.8) is 0 Å². The Kier molecular flexibility index (Phi) is 10.0. The van der Waals surface area contributed by atoms with Gasteiger partial charge in [-0.15, -0.1) is 0 Å². The van der Waals surface area contributed by atoms with Crippen LogP contribution >= 0.6 is 15.9 Å². The maximum Gasteiger partial charge on any atom is 0.264 e. The van der Waals surface area contributed by atoms with Gasteiger partial charge in [-0.05, 0) is 68.7 Å². The summed E-state index contributed by atoms with van der Waals surface area (Å²) in [7, 11) is -4.08. The summed E-state index contributed by atoms with van der Waals surface area (Å²) < 4.78 is 29.7. The highest BCUT2D eigenvalue weighted by atomic mass is 79.9. The van der Waals surface area contributed by atoms with Gasteiger partial charge in [0.2, 0.25) is 11.8 Å². The summed E-state index contributed by atoms with van der Waals surface area (Å²) in [6, 6.07) is 22.1. The molecule has 3 aromatic rings. The molecule has 0 radical (unpaired) electrons. The molecule has 1 aliphatic rings. The number of benzene rings is 3. The molecule has 1 fully saturated rings. The smallest absolute Gasteiger partial charge is 0.264 e. The molecule has 1 saturated carbocycles. The van der Waals surface area contributed by atoms with Gasteiger partial charge in [0.05, 0.1) is 10.6 Å². The van der Waals surface area contributed by atoms with E-state index in [0.29, 0.717) is 5.69 Å². The average molecular weight is 627 g/mol. The molecule has 1 aliphatic carbocycles. The van der Waals surface area contributed by atoms with E-state index >= 15 is 0 Å². The van der Waals surface area contributed by atoms with Crippen LogP contribution in [-0.2, 0) is 26.2 Å². The third-order valence-corrected chi connectivity index (χ3v) is 9.63. The Hall–Kier alpha value is -3.17. The molecule has 0 aliphatic heterocycles. The fourth-order valence-electron chi connectivity index (χ4n) is 4.91. The van der Waals surface area contributed by atoms with Crippen molar-refractivity contribution in [3.05, 3.63) is 94.5 Å². The van der Waals surface area contributed by atoms with Crippen LogP contribution in [0.1, 0.15) is 50.2 Å². The second-order valence-electron chi connectivity index (χ2n) is 10.3. The number of nitrogens with zero attached hydrogens (tertiary/aromatic N) is 2. The molecule has 3 aromatic carbocycles. The lowest BCUT2D eigenvalue weighted by Crippen LogP contribution is -2.53. The third kappa shape index (κ3) is 7.52. The Balaban J connectivity index is 1.65. The zero-order chi connectivity index (χ0) is 28.7. The number of sulfonamides is 1. The molecule has 1 atom stereocenters. The molecule has 0 aromatic heterocycles. The first-order chi connectivity index (χ1) is 19.1. The maximum atomic E-state index is 14.0. The minimum Gasteiger partial charge on any atom is -0.352 e. The number of halogens is 1. The first kappa shape index (κ1) is 29.8. The number of rotatable bonds is 10. The van der Waals surface area contributed by atoms with Crippen LogP contribution in [0.15, 0.2) is 88.2 Å². The molecule has 2 amide bonds. The lowest BCUT2D eigenvalue weighted by atomic mass is 9.95. The van der Waals surface area contributed by atoms with E-state index in [2.05, 4.69) is 21.2 Å². The number of nitrogens with one attached hydrogen (secondary N) is 1. The highest BCUT2D eigenvalue weighted by Crippen LogP contribution is 2.26. The van der Waals surface area contributed by atoms with Crippen molar-refractivity contribution in [2.75, 3.05) is 10.8 Å². The Labute approximate surface area is 245 Å². The fourth-order valence-corrected chi connectivity index (χ4v) is 6.58. The average Bonchev–Trinajstić information content (AvgIpc) is 2.96. The van der Waals surface area contributed by atoms with Gasteiger partial charge >= 0.3 is 0 Å². The highest BCUT2D eigenvalue weighted by molar-refractivity contribution is 9.10. The Morgan fingerprint density at radius 1 is 0.925 bits per heavy atom. The first-order valence-electron chi connectivity index (χ1n) is 13.6. The van der Waals surface area contributed by atoms with Crippen molar-refractivity contribution >= 4 is 43.5 Å². The van der Waals surface area contributed by atoms with Gasteiger partial charge in [0, 0.05) is 17.1 Å². The van der Waals surface area contributed by atoms with Crippen LogP contribution in [0.2, 0.25) is 0 Å². The van der Waals surface area contributed by atoms with Gasteiger partial charge in [0.15, 0.2) is 0 Å². The fraction of sp³-hybridized carbons (Fsp3) is 0.355. The van der Waals surface area contributed by atoms with Crippen LogP contribution in [0, 0.1) is 6.92 Å². The van der Waals surface area contributed by atoms with E-state index in [0.717, 1.165) is 45.6 Å². The summed E-state index contributed by atoms with van der Waals surface area (Å²) >= 11 is 3.40. The van der Waals surface area contributed by atoms with E-state index in [1.54, 1.807) is 55.5 Å². The van der Waals surface area contributed by atoms with Gasteiger partial charge in [-0.1, -0.05) is 83.2 Å². The number of aryl methyl sites for hydroxylation is 1. The molecule has 0 heterocycles. The number of anilines is 1. The van der Waals surface area contributed by atoms with Crippen LogP contribution in [0.3, 0.4) is 0 Å². The van der Waals surface area contributed by atoms with Crippen molar-refractivity contribution in [2.24, 2.45) is 0 Å². The van der Waals surface area contributed by atoms with Gasteiger partial charge in [-0.25, -0.2) is 8.42 Å². The first-order valence-corrected chi connectivity index (χ1v) is 15.9. The van der Waals surface area contributed by atoms with Crippen LogP contribution in [0.25, 0.3) is 0 Å². The molecule has 0 saturated heterocycles. The van der Waals surface area contributed by atoms with E-state index < -0.39 is 28.5 Å². The Morgan fingerprint density at radius 2 is 1.55 bits per heavy atom. The molecule has 9 heteroatoms. The molecule has 40 heavy (non-hydrogen) atoms. The summed E-state index contributed by atoms with van der Waals surface area (Å²) in [5, 5.41) is 3.12. The molecule has 1 N–H and O–H groups in total. The Bertz CT molecular complexity index is 1390. The Morgan fingerprint density at radius 3 is 2.17 bits per heavy atom.